The Kier molecular flexibility index (Phi) is 7.24. The second kappa shape index (κ2) is 10.1. The van der Waals surface area contributed by atoms with Crippen molar-refractivity contribution in [2.45, 2.75) is 6.92 Å². The molecule has 2 amide bonds. The van der Waals surface area contributed by atoms with E-state index in [1.807, 2.05) is 24.3 Å². The van der Waals surface area contributed by atoms with E-state index in [4.69, 9.17) is 9.47 Å². The number of benzene rings is 2. The zero-order chi connectivity index (χ0) is 21.5. The van der Waals surface area contributed by atoms with E-state index >= 15 is 0 Å². The lowest BCUT2D eigenvalue weighted by Gasteiger charge is -2.29. The van der Waals surface area contributed by atoms with Crippen molar-refractivity contribution < 1.29 is 23.5 Å². The average Bonchev–Trinajstić information content (AvgIpc) is 2.78. The van der Waals surface area contributed by atoms with E-state index in [1.54, 1.807) is 6.92 Å². The van der Waals surface area contributed by atoms with Crippen molar-refractivity contribution in [2.24, 2.45) is 0 Å². The van der Waals surface area contributed by atoms with Gasteiger partial charge in [0.2, 0.25) is 5.91 Å². The molecule has 0 unspecified atom stereocenters. The van der Waals surface area contributed by atoms with Crippen LogP contribution in [0.5, 0.6) is 5.75 Å². The van der Waals surface area contributed by atoms with E-state index in [0.29, 0.717) is 24.7 Å². The maximum Gasteiger partial charge on any atom is 0.257 e. The summed E-state index contributed by atoms with van der Waals surface area (Å²) in [4.78, 5) is 28.6. The summed E-state index contributed by atoms with van der Waals surface area (Å²) in [5, 5.41) is 2.79. The molecule has 30 heavy (non-hydrogen) atoms. The largest absolute Gasteiger partial charge is 0.497 e. The summed E-state index contributed by atoms with van der Waals surface area (Å²) in [6.07, 6.45) is 0. The molecule has 1 saturated heterocycles. The van der Waals surface area contributed by atoms with Crippen molar-refractivity contribution in [3.8, 4) is 5.75 Å². The van der Waals surface area contributed by atoms with Crippen LogP contribution in [0, 0.1) is 5.82 Å². The van der Waals surface area contributed by atoms with Gasteiger partial charge >= 0.3 is 0 Å². The minimum atomic E-state index is -0.683. The number of halogens is 1. The van der Waals surface area contributed by atoms with E-state index in [-0.39, 0.29) is 24.6 Å². The lowest BCUT2D eigenvalue weighted by atomic mass is 10.1. The normalized spacial score (nSPS) is 13.6. The summed E-state index contributed by atoms with van der Waals surface area (Å²) >= 11 is 0. The molecular formula is C22H26FN3O4. The Morgan fingerprint density at radius 2 is 1.87 bits per heavy atom. The molecule has 0 aliphatic carbocycles. The molecule has 1 N–H and O–H groups in total. The maximum absolute atomic E-state index is 14.2. The van der Waals surface area contributed by atoms with Crippen LogP contribution in [0.25, 0.3) is 0 Å². The molecule has 8 heteroatoms. The fraction of sp³-hybridized carbons (Fsp3) is 0.364. The Balaban J connectivity index is 1.60. The third kappa shape index (κ3) is 5.27. The highest BCUT2D eigenvalue weighted by Gasteiger charge is 2.21. The van der Waals surface area contributed by atoms with Gasteiger partial charge in [0.05, 0.1) is 25.9 Å². The first-order chi connectivity index (χ1) is 14.5. The summed E-state index contributed by atoms with van der Waals surface area (Å²) in [6.45, 7) is 4.91. The van der Waals surface area contributed by atoms with Gasteiger partial charge in [0.15, 0.2) is 0 Å². The second-order valence-corrected chi connectivity index (χ2v) is 6.86. The van der Waals surface area contributed by atoms with Gasteiger partial charge in [-0.3, -0.25) is 9.59 Å². The first-order valence-corrected chi connectivity index (χ1v) is 9.87. The molecule has 2 aromatic carbocycles. The highest BCUT2D eigenvalue weighted by molar-refractivity contribution is 5.99. The van der Waals surface area contributed by atoms with Crippen molar-refractivity contribution in [1.29, 1.82) is 0 Å². The van der Waals surface area contributed by atoms with Gasteiger partial charge in [-0.05, 0) is 43.3 Å². The number of hydrogen-bond donors (Lipinski definition) is 1. The third-order valence-electron chi connectivity index (χ3n) is 4.94. The fourth-order valence-electron chi connectivity index (χ4n) is 3.24. The molecule has 3 rings (SSSR count). The van der Waals surface area contributed by atoms with Gasteiger partial charge in [0.25, 0.3) is 5.91 Å². The number of likely N-dealkylation sites (N-methyl/N-ethyl adjacent to an activating group) is 1. The summed E-state index contributed by atoms with van der Waals surface area (Å²) in [5.74, 6) is -1.25. The van der Waals surface area contributed by atoms with Crippen molar-refractivity contribution in [3.05, 3.63) is 53.8 Å². The number of carbonyl (C=O) groups excluding carboxylic acids is 2. The van der Waals surface area contributed by atoms with E-state index in [2.05, 4.69) is 10.2 Å². The molecule has 0 spiro atoms. The van der Waals surface area contributed by atoms with Crippen LogP contribution in [0.2, 0.25) is 0 Å². The maximum atomic E-state index is 14.2. The van der Waals surface area contributed by atoms with E-state index in [0.717, 1.165) is 24.8 Å². The van der Waals surface area contributed by atoms with E-state index in [9.17, 15) is 14.0 Å². The Morgan fingerprint density at radius 3 is 2.47 bits per heavy atom. The zero-order valence-corrected chi connectivity index (χ0v) is 17.2. The molecule has 160 valence electrons. The number of rotatable bonds is 7. The van der Waals surface area contributed by atoms with Crippen LogP contribution in [0.4, 0.5) is 15.8 Å². The number of ether oxygens (including phenoxy) is 2. The average molecular weight is 415 g/mol. The van der Waals surface area contributed by atoms with Crippen LogP contribution in [0.15, 0.2) is 42.5 Å². The number of morpholine rings is 1. The summed E-state index contributed by atoms with van der Waals surface area (Å²) in [7, 11) is 1.42. The van der Waals surface area contributed by atoms with Gasteiger partial charge in [-0.2, -0.15) is 0 Å². The summed E-state index contributed by atoms with van der Waals surface area (Å²) < 4.78 is 24.5. The predicted molar refractivity (Wildman–Crippen MR) is 113 cm³/mol. The van der Waals surface area contributed by atoms with Gasteiger partial charge in [0, 0.05) is 37.1 Å². The highest BCUT2D eigenvalue weighted by Crippen LogP contribution is 2.20. The minimum absolute atomic E-state index is 0.0969. The molecule has 0 atom stereocenters. The van der Waals surface area contributed by atoms with Crippen molar-refractivity contribution in [1.82, 2.24) is 4.90 Å². The fourth-order valence-corrected chi connectivity index (χ4v) is 3.24. The zero-order valence-electron chi connectivity index (χ0n) is 17.2. The molecule has 0 radical (unpaired) electrons. The summed E-state index contributed by atoms with van der Waals surface area (Å²) in [5.41, 5.74) is 1.60. The Morgan fingerprint density at radius 1 is 1.17 bits per heavy atom. The van der Waals surface area contributed by atoms with Gasteiger partial charge in [-0.1, -0.05) is 0 Å². The molecule has 1 aliphatic heterocycles. The molecule has 0 bridgehead atoms. The lowest BCUT2D eigenvalue weighted by molar-refractivity contribution is -0.116. The Labute approximate surface area is 175 Å². The van der Waals surface area contributed by atoms with Crippen molar-refractivity contribution in [3.63, 3.8) is 0 Å². The minimum Gasteiger partial charge on any atom is -0.497 e. The van der Waals surface area contributed by atoms with Crippen molar-refractivity contribution in [2.75, 3.05) is 56.7 Å². The first kappa shape index (κ1) is 21.6. The SMILES string of the molecule is CCN(CC(=O)Nc1ccc(N2CCOCC2)cc1)C(=O)c1ccc(OC)cc1F. The summed E-state index contributed by atoms with van der Waals surface area (Å²) in [6, 6.07) is 11.6. The van der Waals surface area contributed by atoms with E-state index < -0.39 is 11.7 Å². The molecule has 0 aromatic heterocycles. The smallest absolute Gasteiger partial charge is 0.257 e. The topological polar surface area (TPSA) is 71.1 Å². The molecular weight excluding hydrogens is 389 g/mol. The Hall–Kier alpha value is -3.13. The van der Waals surface area contributed by atoms with Crippen LogP contribution in [-0.4, -0.2) is 63.2 Å². The number of anilines is 2. The van der Waals surface area contributed by atoms with Gasteiger partial charge in [-0.25, -0.2) is 4.39 Å². The van der Waals surface area contributed by atoms with Crippen LogP contribution in [-0.2, 0) is 9.53 Å². The molecule has 1 fully saturated rings. The van der Waals surface area contributed by atoms with Crippen LogP contribution in [0.1, 0.15) is 17.3 Å². The third-order valence-corrected chi connectivity index (χ3v) is 4.94. The Bertz CT molecular complexity index is 882. The standard InChI is InChI=1S/C22H26FN3O4/c1-3-25(22(28)19-9-8-18(29-2)14-20(19)23)15-21(27)24-16-4-6-17(7-5-16)26-10-12-30-13-11-26/h4-9,14H,3,10-13,15H2,1-2H3,(H,24,27). The lowest BCUT2D eigenvalue weighted by Crippen LogP contribution is -2.38. The number of amides is 2. The van der Waals surface area contributed by atoms with Gasteiger partial charge in [-0.15, -0.1) is 0 Å². The van der Waals surface area contributed by atoms with Gasteiger partial charge < -0.3 is 24.6 Å². The van der Waals surface area contributed by atoms with Crippen LogP contribution >= 0.6 is 0 Å². The number of carbonyl (C=O) groups is 2. The van der Waals surface area contributed by atoms with Gasteiger partial charge in [0.1, 0.15) is 18.1 Å². The van der Waals surface area contributed by atoms with Crippen LogP contribution in [0.3, 0.4) is 0 Å². The quantitative estimate of drug-likeness (QED) is 0.753. The highest BCUT2D eigenvalue weighted by atomic mass is 19.1. The first-order valence-electron chi connectivity index (χ1n) is 9.87. The molecule has 0 saturated carbocycles. The predicted octanol–water partition coefficient (Wildman–Crippen LogP) is 2.77. The molecule has 2 aromatic rings. The number of methoxy groups -OCH3 is 1. The number of nitrogens with one attached hydrogen (secondary N) is 1. The van der Waals surface area contributed by atoms with Crippen molar-refractivity contribution >= 4 is 23.2 Å². The van der Waals surface area contributed by atoms with E-state index in [1.165, 1.54) is 24.1 Å². The molecule has 1 heterocycles. The van der Waals surface area contributed by atoms with Crippen LogP contribution < -0.4 is 15.0 Å². The monoisotopic (exact) mass is 415 g/mol. The number of nitrogens with zero attached hydrogens (tertiary/aromatic N) is 2. The molecule has 1 aliphatic rings. The number of hydrogen-bond acceptors (Lipinski definition) is 5. The second-order valence-electron chi connectivity index (χ2n) is 6.86. The molecule has 7 nitrogen and oxygen atoms in total.